The fraction of sp³-hybridized carbons (Fsp3) is 0.500. The highest BCUT2D eigenvalue weighted by molar-refractivity contribution is 5.87. The predicted molar refractivity (Wildman–Crippen MR) is 55.5 cm³/mol. The summed E-state index contributed by atoms with van der Waals surface area (Å²) in [6.45, 7) is -0.206. The van der Waals surface area contributed by atoms with Gasteiger partial charge in [0, 0.05) is 26.1 Å². The monoisotopic (exact) mass is 277 g/mol. The molecule has 0 aromatic carbocycles. The largest absolute Gasteiger partial charge is 0.476 e. The topological polar surface area (TPSA) is 75.4 Å². The summed E-state index contributed by atoms with van der Waals surface area (Å²) in [6, 6.07) is 0. The molecule has 2 heterocycles. The molecule has 0 aliphatic carbocycles. The Hall–Kier alpha value is -2.06. The number of alkyl halides is 3. The van der Waals surface area contributed by atoms with Crippen molar-refractivity contribution < 1.29 is 27.9 Å². The van der Waals surface area contributed by atoms with Crippen LogP contribution < -0.4 is 0 Å². The van der Waals surface area contributed by atoms with Gasteiger partial charge < -0.3 is 14.6 Å². The second-order valence-corrected chi connectivity index (χ2v) is 4.08. The minimum atomic E-state index is -4.91. The van der Waals surface area contributed by atoms with Crippen molar-refractivity contribution in [2.75, 3.05) is 13.1 Å². The molecule has 0 radical (unpaired) electrons. The Labute approximate surface area is 105 Å². The lowest BCUT2D eigenvalue weighted by Gasteiger charge is -2.21. The molecule has 0 fully saturated rings. The minimum absolute atomic E-state index is 0.0312. The minimum Gasteiger partial charge on any atom is -0.476 e. The number of rotatable bonds is 1. The van der Waals surface area contributed by atoms with Crippen LogP contribution in [-0.2, 0) is 17.8 Å². The maximum absolute atomic E-state index is 12.3. The van der Waals surface area contributed by atoms with Crippen LogP contribution in [0.4, 0.5) is 13.2 Å². The van der Waals surface area contributed by atoms with E-state index in [9.17, 15) is 22.8 Å². The van der Waals surface area contributed by atoms with Crippen LogP contribution in [0.15, 0.2) is 6.33 Å². The number of carboxylic acids is 1. The van der Waals surface area contributed by atoms with Crippen molar-refractivity contribution in [1.82, 2.24) is 14.5 Å². The van der Waals surface area contributed by atoms with E-state index in [1.165, 1.54) is 10.9 Å². The highest BCUT2D eigenvalue weighted by atomic mass is 19.4. The van der Waals surface area contributed by atoms with E-state index in [0.717, 1.165) is 0 Å². The summed E-state index contributed by atoms with van der Waals surface area (Å²) >= 11 is 0. The predicted octanol–water partition coefficient (Wildman–Crippen LogP) is 0.528. The standard InChI is InChI=1S/C10H10F3N3O3/c11-10(12,13)9(19)15-2-1-6-7(8(17)18)14-5-16(6)4-3-15/h5H,1-4H2,(H,17,18). The molecule has 1 aromatic heterocycles. The molecule has 1 aliphatic rings. The molecule has 0 saturated heterocycles. The second kappa shape index (κ2) is 4.56. The van der Waals surface area contributed by atoms with Gasteiger partial charge in [-0.2, -0.15) is 13.2 Å². The summed E-state index contributed by atoms with van der Waals surface area (Å²) in [5, 5.41) is 8.89. The lowest BCUT2D eigenvalue weighted by molar-refractivity contribution is -0.185. The molecule has 0 atom stereocenters. The molecule has 0 unspecified atom stereocenters. The van der Waals surface area contributed by atoms with Crippen LogP contribution in [-0.4, -0.2) is 50.7 Å². The zero-order valence-electron chi connectivity index (χ0n) is 9.65. The first kappa shape index (κ1) is 13.4. The van der Waals surface area contributed by atoms with E-state index in [0.29, 0.717) is 10.6 Å². The van der Waals surface area contributed by atoms with Gasteiger partial charge in [-0.25, -0.2) is 9.78 Å². The lowest BCUT2D eigenvalue weighted by atomic mass is 10.2. The molecule has 9 heteroatoms. The van der Waals surface area contributed by atoms with Crippen LogP contribution in [0.2, 0.25) is 0 Å². The van der Waals surface area contributed by atoms with Gasteiger partial charge >= 0.3 is 18.1 Å². The van der Waals surface area contributed by atoms with Crippen molar-refractivity contribution in [3.05, 3.63) is 17.7 Å². The van der Waals surface area contributed by atoms with Crippen molar-refractivity contribution >= 4 is 11.9 Å². The van der Waals surface area contributed by atoms with Gasteiger partial charge in [0.1, 0.15) is 0 Å². The fourth-order valence-electron chi connectivity index (χ4n) is 2.00. The second-order valence-electron chi connectivity index (χ2n) is 4.08. The Morgan fingerprint density at radius 2 is 1.95 bits per heavy atom. The summed E-state index contributed by atoms with van der Waals surface area (Å²) < 4.78 is 38.4. The summed E-state index contributed by atoms with van der Waals surface area (Å²) in [4.78, 5) is 26.4. The first-order valence-electron chi connectivity index (χ1n) is 5.44. The number of hydrogen-bond donors (Lipinski definition) is 1. The maximum atomic E-state index is 12.3. The van der Waals surface area contributed by atoms with Crippen LogP contribution in [0.1, 0.15) is 16.2 Å². The maximum Gasteiger partial charge on any atom is 0.471 e. The summed E-state index contributed by atoms with van der Waals surface area (Å²) in [7, 11) is 0. The summed E-state index contributed by atoms with van der Waals surface area (Å²) in [5.74, 6) is -3.13. The third kappa shape index (κ3) is 2.54. The Kier molecular flexibility index (Phi) is 3.21. The molecule has 0 saturated carbocycles. The number of fused-ring (bicyclic) bond motifs is 1. The van der Waals surface area contributed by atoms with Gasteiger partial charge in [-0.1, -0.05) is 0 Å². The van der Waals surface area contributed by atoms with Crippen molar-refractivity contribution in [2.24, 2.45) is 0 Å². The number of nitrogens with zero attached hydrogens (tertiary/aromatic N) is 3. The van der Waals surface area contributed by atoms with E-state index < -0.39 is 18.1 Å². The van der Waals surface area contributed by atoms with E-state index in [-0.39, 0.29) is 31.7 Å². The van der Waals surface area contributed by atoms with Gasteiger partial charge in [0.15, 0.2) is 5.69 Å². The first-order chi connectivity index (χ1) is 8.80. The molecule has 1 N–H and O–H groups in total. The molecule has 0 spiro atoms. The van der Waals surface area contributed by atoms with Gasteiger partial charge in [0.2, 0.25) is 0 Å². The van der Waals surface area contributed by atoms with E-state index in [4.69, 9.17) is 5.11 Å². The van der Waals surface area contributed by atoms with Gasteiger partial charge in [-0.05, 0) is 0 Å². The number of carbonyl (C=O) groups is 2. The van der Waals surface area contributed by atoms with E-state index in [1.54, 1.807) is 0 Å². The molecule has 1 amide bonds. The van der Waals surface area contributed by atoms with Crippen molar-refractivity contribution in [1.29, 1.82) is 0 Å². The Morgan fingerprint density at radius 3 is 2.53 bits per heavy atom. The van der Waals surface area contributed by atoms with Crippen LogP contribution >= 0.6 is 0 Å². The number of aromatic carboxylic acids is 1. The molecule has 6 nitrogen and oxygen atoms in total. The third-order valence-electron chi connectivity index (χ3n) is 2.91. The lowest BCUT2D eigenvalue weighted by Crippen LogP contribution is -2.42. The number of carbonyl (C=O) groups excluding carboxylic acids is 1. The number of imidazole rings is 1. The number of aromatic nitrogens is 2. The van der Waals surface area contributed by atoms with Crippen molar-refractivity contribution in [3.63, 3.8) is 0 Å². The molecular formula is C10H10F3N3O3. The van der Waals surface area contributed by atoms with Gasteiger partial charge in [-0.15, -0.1) is 0 Å². The van der Waals surface area contributed by atoms with Crippen LogP contribution in [0.5, 0.6) is 0 Å². The molecule has 0 bridgehead atoms. The average Bonchev–Trinajstić information content (AvgIpc) is 2.60. The number of halogens is 3. The molecule has 19 heavy (non-hydrogen) atoms. The zero-order chi connectivity index (χ0) is 14.2. The Balaban J connectivity index is 2.18. The Bertz CT molecular complexity index is 524. The van der Waals surface area contributed by atoms with E-state index in [2.05, 4.69) is 4.98 Å². The van der Waals surface area contributed by atoms with Crippen LogP contribution in [0.3, 0.4) is 0 Å². The molecule has 2 rings (SSSR count). The average molecular weight is 277 g/mol. The van der Waals surface area contributed by atoms with E-state index >= 15 is 0 Å². The fourth-order valence-corrected chi connectivity index (χ4v) is 2.00. The normalized spacial score (nSPS) is 15.8. The summed E-state index contributed by atoms with van der Waals surface area (Å²) in [6.07, 6.45) is -3.61. The van der Waals surface area contributed by atoms with Gasteiger partial charge in [0.25, 0.3) is 0 Å². The van der Waals surface area contributed by atoms with Gasteiger partial charge in [-0.3, -0.25) is 4.79 Å². The van der Waals surface area contributed by atoms with E-state index in [1.807, 2.05) is 0 Å². The zero-order valence-corrected chi connectivity index (χ0v) is 9.65. The third-order valence-corrected chi connectivity index (χ3v) is 2.91. The molecular weight excluding hydrogens is 267 g/mol. The quantitative estimate of drug-likeness (QED) is 0.812. The SMILES string of the molecule is O=C(O)c1ncn2c1CCN(C(=O)C(F)(F)F)CC2. The highest BCUT2D eigenvalue weighted by Crippen LogP contribution is 2.21. The van der Waals surface area contributed by atoms with Crippen molar-refractivity contribution in [2.45, 2.75) is 19.1 Å². The van der Waals surface area contributed by atoms with Crippen LogP contribution in [0.25, 0.3) is 0 Å². The molecule has 1 aromatic rings. The number of carboxylic acid groups (broad SMARTS) is 1. The van der Waals surface area contributed by atoms with Crippen molar-refractivity contribution in [3.8, 4) is 0 Å². The number of amides is 1. The van der Waals surface area contributed by atoms with Gasteiger partial charge in [0.05, 0.1) is 12.0 Å². The number of hydrogen-bond acceptors (Lipinski definition) is 3. The molecule has 104 valence electrons. The first-order valence-corrected chi connectivity index (χ1v) is 5.44. The summed E-state index contributed by atoms with van der Waals surface area (Å²) in [5.41, 5.74) is 0.159. The highest BCUT2D eigenvalue weighted by Gasteiger charge is 2.42. The Morgan fingerprint density at radius 1 is 1.26 bits per heavy atom. The smallest absolute Gasteiger partial charge is 0.471 e. The van der Waals surface area contributed by atoms with Crippen LogP contribution in [0, 0.1) is 0 Å². The molecule has 1 aliphatic heterocycles.